The fourth-order valence-electron chi connectivity index (χ4n) is 0.964. The zero-order valence-corrected chi connectivity index (χ0v) is 9.97. The third-order valence-corrected chi connectivity index (χ3v) is 1.78. The molecule has 80 valence electrons. The number of amidine groups is 1. The minimum atomic E-state index is 0. The minimum Gasteiger partial charge on any atom is -0.344 e. The molecule has 0 heterocycles. The Morgan fingerprint density at radius 3 is 2.36 bits per heavy atom. The quantitative estimate of drug-likeness (QED) is 0.595. The molecule has 14 heavy (non-hydrogen) atoms. The lowest BCUT2D eigenvalue weighted by atomic mass is 10.2. The lowest BCUT2D eigenvalue weighted by Gasteiger charge is -2.07. The molecule has 0 spiro atoms. The predicted octanol–water partition coefficient (Wildman–Crippen LogP) is 3.64. The number of hydrogen-bond acceptors (Lipinski definition) is 1. The Labute approximate surface area is 97.4 Å². The average molecular weight is 235 g/mol. The predicted molar refractivity (Wildman–Crippen MR) is 67.3 cm³/mol. The summed E-state index contributed by atoms with van der Waals surface area (Å²) in [6, 6.07) is 7.99. The Kier molecular flexibility index (Phi) is 8.60. The molecule has 2 nitrogen and oxygen atoms in total. The highest BCUT2D eigenvalue weighted by molar-refractivity contribution is 5.93. The fraction of sp³-hybridized carbons (Fsp3) is 0.300. The fourth-order valence-corrected chi connectivity index (χ4v) is 0.964. The van der Waals surface area contributed by atoms with E-state index in [2.05, 4.69) is 5.32 Å². The summed E-state index contributed by atoms with van der Waals surface area (Å²) < 4.78 is 0. The van der Waals surface area contributed by atoms with Crippen LogP contribution in [0.25, 0.3) is 0 Å². The average Bonchev–Trinajstić information content (AvgIpc) is 2.09. The zero-order valence-electron chi connectivity index (χ0n) is 8.33. The maximum atomic E-state index is 7.46. The second-order valence-electron chi connectivity index (χ2n) is 2.77. The van der Waals surface area contributed by atoms with E-state index < -0.39 is 0 Å². The molecule has 2 N–H and O–H groups in total. The topological polar surface area (TPSA) is 35.9 Å². The van der Waals surface area contributed by atoms with E-state index in [-0.39, 0.29) is 24.8 Å². The summed E-state index contributed by atoms with van der Waals surface area (Å²) >= 11 is 0. The standard InChI is InChI=1S/C10H14N2.2ClH/c1-3-10(11)12-9-7-5-4-6-8(9)2;;/h4-7H,3H2,1-2H3,(H2,11,12);2*1H. The van der Waals surface area contributed by atoms with Gasteiger partial charge in [0.2, 0.25) is 0 Å². The highest BCUT2D eigenvalue weighted by Crippen LogP contribution is 2.12. The number of anilines is 1. The first kappa shape index (κ1) is 15.7. The van der Waals surface area contributed by atoms with Gasteiger partial charge in [-0.1, -0.05) is 25.1 Å². The smallest absolute Gasteiger partial charge is 0.0973 e. The molecular formula is C10H16Cl2N2. The molecule has 0 atom stereocenters. The van der Waals surface area contributed by atoms with E-state index in [4.69, 9.17) is 5.41 Å². The molecule has 0 saturated carbocycles. The summed E-state index contributed by atoms with van der Waals surface area (Å²) in [4.78, 5) is 0. The first-order valence-corrected chi connectivity index (χ1v) is 4.14. The Bertz CT molecular complexity index is 287. The van der Waals surface area contributed by atoms with Crippen molar-refractivity contribution in [1.29, 1.82) is 5.41 Å². The van der Waals surface area contributed by atoms with Gasteiger partial charge in [0, 0.05) is 12.1 Å². The van der Waals surface area contributed by atoms with Crippen LogP contribution in [0.1, 0.15) is 18.9 Å². The van der Waals surface area contributed by atoms with Crippen LogP contribution >= 0.6 is 24.8 Å². The molecule has 1 aromatic carbocycles. The highest BCUT2D eigenvalue weighted by Gasteiger charge is 1.96. The summed E-state index contributed by atoms with van der Waals surface area (Å²) in [5, 5.41) is 10.5. The number of benzene rings is 1. The molecule has 0 radical (unpaired) electrons. The summed E-state index contributed by atoms with van der Waals surface area (Å²) in [6.07, 6.45) is 0.744. The van der Waals surface area contributed by atoms with Crippen molar-refractivity contribution < 1.29 is 0 Å². The molecule has 1 rings (SSSR count). The van der Waals surface area contributed by atoms with Crippen molar-refractivity contribution in [3.8, 4) is 0 Å². The summed E-state index contributed by atoms with van der Waals surface area (Å²) in [7, 11) is 0. The number of halogens is 2. The van der Waals surface area contributed by atoms with E-state index in [0.29, 0.717) is 5.84 Å². The van der Waals surface area contributed by atoms with Crippen LogP contribution < -0.4 is 5.32 Å². The SMILES string of the molecule is CCC(=N)Nc1ccccc1C.Cl.Cl. The van der Waals surface area contributed by atoms with Crippen LogP contribution in [0.15, 0.2) is 24.3 Å². The Morgan fingerprint density at radius 1 is 1.29 bits per heavy atom. The molecular weight excluding hydrogens is 219 g/mol. The van der Waals surface area contributed by atoms with Crippen LogP contribution in [-0.4, -0.2) is 5.84 Å². The number of nitrogens with one attached hydrogen (secondary N) is 2. The van der Waals surface area contributed by atoms with Crippen molar-refractivity contribution in [3.63, 3.8) is 0 Å². The maximum Gasteiger partial charge on any atom is 0.0973 e. The van der Waals surface area contributed by atoms with Gasteiger partial charge in [0.1, 0.15) is 0 Å². The van der Waals surface area contributed by atoms with Crippen LogP contribution in [-0.2, 0) is 0 Å². The molecule has 4 heteroatoms. The van der Waals surface area contributed by atoms with E-state index in [0.717, 1.165) is 12.1 Å². The van der Waals surface area contributed by atoms with Crippen molar-refractivity contribution in [2.45, 2.75) is 20.3 Å². The van der Waals surface area contributed by atoms with Gasteiger partial charge in [-0.3, -0.25) is 5.41 Å². The van der Waals surface area contributed by atoms with E-state index >= 15 is 0 Å². The van der Waals surface area contributed by atoms with Gasteiger partial charge in [-0.05, 0) is 18.6 Å². The molecule has 0 bridgehead atoms. The van der Waals surface area contributed by atoms with Gasteiger partial charge < -0.3 is 5.32 Å². The molecule has 0 aliphatic rings. The Hall–Kier alpha value is -0.730. The molecule has 0 amide bonds. The molecule has 0 aliphatic heterocycles. The van der Waals surface area contributed by atoms with E-state index in [1.807, 2.05) is 38.1 Å². The third-order valence-electron chi connectivity index (χ3n) is 1.78. The van der Waals surface area contributed by atoms with Gasteiger partial charge in [0.05, 0.1) is 5.84 Å². The van der Waals surface area contributed by atoms with Gasteiger partial charge in [0.15, 0.2) is 0 Å². The molecule has 1 aromatic rings. The van der Waals surface area contributed by atoms with Crippen LogP contribution in [0.2, 0.25) is 0 Å². The molecule has 0 saturated heterocycles. The molecule has 0 aliphatic carbocycles. The summed E-state index contributed by atoms with van der Waals surface area (Å²) in [6.45, 7) is 4.00. The Balaban J connectivity index is 0. The number of para-hydroxylation sites is 1. The van der Waals surface area contributed by atoms with Gasteiger partial charge in [0.25, 0.3) is 0 Å². The van der Waals surface area contributed by atoms with Crippen LogP contribution in [0.3, 0.4) is 0 Å². The van der Waals surface area contributed by atoms with Crippen molar-refractivity contribution in [3.05, 3.63) is 29.8 Å². The first-order chi connectivity index (χ1) is 5.74. The number of rotatable bonds is 2. The monoisotopic (exact) mass is 234 g/mol. The normalized spacial score (nSPS) is 8.14. The maximum absolute atomic E-state index is 7.46. The van der Waals surface area contributed by atoms with Crippen molar-refractivity contribution in [2.24, 2.45) is 0 Å². The van der Waals surface area contributed by atoms with Gasteiger partial charge >= 0.3 is 0 Å². The largest absolute Gasteiger partial charge is 0.344 e. The van der Waals surface area contributed by atoms with Crippen LogP contribution in [0.4, 0.5) is 5.69 Å². The second-order valence-corrected chi connectivity index (χ2v) is 2.77. The van der Waals surface area contributed by atoms with Crippen LogP contribution in [0, 0.1) is 12.3 Å². The summed E-state index contributed by atoms with van der Waals surface area (Å²) in [5.41, 5.74) is 2.21. The van der Waals surface area contributed by atoms with Crippen molar-refractivity contribution in [2.75, 3.05) is 5.32 Å². The molecule has 0 unspecified atom stereocenters. The highest BCUT2D eigenvalue weighted by atomic mass is 35.5. The van der Waals surface area contributed by atoms with Crippen molar-refractivity contribution >= 4 is 36.3 Å². The van der Waals surface area contributed by atoms with Gasteiger partial charge in [-0.15, -0.1) is 24.8 Å². The van der Waals surface area contributed by atoms with Crippen LogP contribution in [0.5, 0.6) is 0 Å². The summed E-state index contributed by atoms with van der Waals surface area (Å²) in [5.74, 6) is 0.560. The van der Waals surface area contributed by atoms with Gasteiger partial charge in [-0.2, -0.15) is 0 Å². The minimum absolute atomic E-state index is 0. The Morgan fingerprint density at radius 2 is 1.86 bits per heavy atom. The van der Waals surface area contributed by atoms with Gasteiger partial charge in [-0.25, -0.2) is 0 Å². The number of hydrogen-bond donors (Lipinski definition) is 2. The first-order valence-electron chi connectivity index (χ1n) is 4.14. The lowest BCUT2D eigenvalue weighted by Crippen LogP contribution is -2.09. The third kappa shape index (κ3) is 4.49. The second kappa shape index (κ2) is 7.65. The molecule has 0 fully saturated rings. The van der Waals surface area contributed by atoms with E-state index in [1.165, 1.54) is 5.56 Å². The van der Waals surface area contributed by atoms with E-state index in [1.54, 1.807) is 0 Å². The zero-order chi connectivity index (χ0) is 8.97. The van der Waals surface area contributed by atoms with Crippen molar-refractivity contribution in [1.82, 2.24) is 0 Å². The molecule has 0 aromatic heterocycles. The lowest BCUT2D eigenvalue weighted by molar-refractivity contribution is 1.23. The van der Waals surface area contributed by atoms with E-state index in [9.17, 15) is 0 Å². The number of aryl methyl sites for hydroxylation is 1.